The third kappa shape index (κ3) is 7.64. The first-order chi connectivity index (χ1) is 21.1. The average molecular weight is 708 g/mol. The molecule has 224 valence electrons. The van der Waals surface area contributed by atoms with Crippen LogP contribution in [0.2, 0.25) is 25.1 Å². The number of aliphatic imine (C=N–C) groups is 1. The summed E-state index contributed by atoms with van der Waals surface area (Å²) in [7, 11) is 1.44. The van der Waals surface area contributed by atoms with Crippen LogP contribution in [0.4, 0.5) is 17.1 Å². The summed E-state index contributed by atoms with van der Waals surface area (Å²) >= 11 is 31.8. The van der Waals surface area contributed by atoms with Gasteiger partial charge in [-0.25, -0.2) is 4.99 Å². The van der Waals surface area contributed by atoms with Crippen LogP contribution in [0.25, 0.3) is 6.08 Å². The first kappa shape index (κ1) is 32.0. The van der Waals surface area contributed by atoms with E-state index < -0.39 is 5.91 Å². The van der Waals surface area contributed by atoms with Gasteiger partial charge >= 0.3 is 0 Å². The molecule has 13 heteroatoms. The van der Waals surface area contributed by atoms with Gasteiger partial charge in [0.1, 0.15) is 0 Å². The molecule has 1 heterocycles. The number of nitrogens with zero attached hydrogens (tertiary/aromatic N) is 2. The molecule has 1 aliphatic rings. The molecule has 0 saturated carbocycles. The number of rotatable bonds is 8. The molecule has 0 spiro atoms. The molecule has 0 bridgehead atoms. The van der Waals surface area contributed by atoms with Crippen molar-refractivity contribution >= 4 is 110 Å². The first-order valence-corrected chi connectivity index (χ1v) is 15.4. The van der Waals surface area contributed by atoms with E-state index in [4.69, 9.17) is 72.5 Å². The van der Waals surface area contributed by atoms with E-state index in [0.717, 1.165) is 0 Å². The number of thioether (sulfide) groups is 1. The van der Waals surface area contributed by atoms with E-state index >= 15 is 0 Å². The Morgan fingerprint density at radius 2 is 1.57 bits per heavy atom. The first-order valence-electron chi connectivity index (χ1n) is 12.7. The Kier molecular flexibility index (Phi) is 10.3. The molecular weight excluding hydrogens is 688 g/mol. The minimum atomic E-state index is -0.449. The number of nitrogens with one attached hydrogen (secondary N) is 1. The highest BCUT2D eigenvalue weighted by Crippen LogP contribution is 2.41. The normalized spacial score (nSPS) is 14.8. The molecule has 0 aliphatic carbocycles. The number of carbonyl (C=O) groups excluding carboxylic acids is 2. The van der Waals surface area contributed by atoms with Crippen molar-refractivity contribution in [1.82, 2.24) is 0 Å². The van der Waals surface area contributed by atoms with Gasteiger partial charge in [-0.05, 0) is 102 Å². The van der Waals surface area contributed by atoms with Crippen molar-refractivity contribution < 1.29 is 19.1 Å². The lowest BCUT2D eigenvalue weighted by Gasteiger charge is -2.15. The third-order valence-electron chi connectivity index (χ3n) is 6.04. The van der Waals surface area contributed by atoms with Crippen molar-refractivity contribution in [2.45, 2.75) is 0 Å². The summed E-state index contributed by atoms with van der Waals surface area (Å²) < 4.78 is 11.2. The molecule has 0 atom stereocenters. The molecule has 2 amide bonds. The number of benzene rings is 4. The monoisotopic (exact) mass is 705 g/mol. The van der Waals surface area contributed by atoms with Gasteiger partial charge in [-0.1, -0.05) is 58.0 Å². The third-order valence-corrected chi connectivity index (χ3v) is 8.54. The van der Waals surface area contributed by atoms with Gasteiger partial charge in [-0.2, -0.15) is 0 Å². The number of methoxy groups -OCH3 is 1. The van der Waals surface area contributed by atoms with Gasteiger partial charge in [0.15, 0.2) is 23.3 Å². The molecule has 0 aromatic heterocycles. The van der Waals surface area contributed by atoms with Gasteiger partial charge < -0.3 is 14.8 Å². The molecule has 4 aromatic rings. The van der Waals surface area contributed by atoms with E-state index in [1.165, 1.54) is 29.8 Å². The van der Waals surface area contributed by atoms with Crippen molar-refractivity contribution in [2.75, 3.05) is 23.9 Å². The second-order valence-corrected chi connectivity index (χ2v) is 12.2. The predicted molar refractivity (Wildman–Crippen MR) is 182 cm³/mol. The average Bonchev–Trinajstić information content (AvgIpc) is 3.29. The molecule has 1 aliphatic heterocycles. The fourth-order valence-electron chi connectivity index (χ4n) is 4.02. The largest absolute Gasteiger partial charge is 0.493 e. The number of hydrogen-bond donors (Lipinski definition) is 1. The summed E-state index contributed by atoms with van der Waals surface area (Å²) in [5, 5.41) is 5.08. The molecule has 1 saturated heterocycles. The van der Waals surface area contributed by atoms with Crippen LogP contribution in [-0.2, 0) is 9.59 Å². The van der Waals surface area contributed by atoms with Crippen LogP contribution in [0.15, 0.2) is 88.8 Å². The lowest BCUT2D eigenvalue weighted by Crippen LogP contribution is -2.28. The highest BCUT2D eigenvalue weighted by molar-refractivity contribution is 8.19. The van der Waals surface area contributed by atoms with E-state index in [2.05, 4.69) is 5.32 Å². The summed E-state index contributed by atoms with van der Waals surface area (Å²) in [6.45, 7) is -0.355. The zero-order valence-electron chi connectivity index (χ0n) is 22.6. The standard InChI is InChI=1S/C31H20Cl5N3O4S/c1-42-26-13-17(12-25(36)29(26)43-16-28(40)37-21-8-11-23(34)24(35)15-21)14-27-30(41)39(22-9-4-19(33)5-10-22)31(44-27)38-20-6-2-18(32)3-7-20/h2-15H,16H2,1H3,(H,37,40)/b27-14+,38-31?. The minimum absolute atomic E-state index is 0.166. The van der Waals surface area contributed by atoms with Crippen molar-refractivity contribution in [1.29, 1.82) is 0 Å². The molecule has 0 radical (unpaired) electrons. The summed E-state index contributed by atoms with van der Waals surface area (Å²) in [6.07, 6.45) is 1.68. The molecule has 0 unspecified atom stereocenters. The van der Waals surface area contributed by atoms with Crippen LogP contribution in [-0.4, -0.2) is 30.7 Å². The van der Waals surface area contributed by atoms with Crippen LogP contribution >= 0.6 is 69.8 Å². The van der Waals surface area contributed by atoms with Gasteiger partial charge in [-0.15, -0.1) is 0 Å². The predicted octanol–water partition coefficient (Wildman–Crippen LogP) is 9.79. The summed E-state index contributed by atoms with van der Waals surface area (Å²) in [5.41, 5.74) is 2.25. The Hall–Kier alpha value is -3.37. The maximum absolute atomic E-state index is 13.7. The summed E-state index contributed by atoms with van der Waals surface area (Å²) in [6, 6.07) is 21.8. The van der Waals surface area contributed by atoms with E-state index in [1.54, 1.807) is 78.9 Å². The zero-order valence-corrected chi connectivity index (χ0v) is 27.2. The van der Waals surface area contributed by atoms with Gasteiger partial charge in [0.25, 0.3) is 11.8 Å². The summed E-state index contributed by atoms with van der Waals surface area (Å²) in [5.74, 6) is -0.305. The molecule has 4 aromatic carbocycles. The minimum Gasteiger partial charge on any atom is -0.493 e. The molecular formula is C31H20Cl5N3O4S. The number of hydrogen-bond acceptors (Lipinski definition) is 6. The van der Waals surface area contributed by atoms with E-state index in [9.17, 15) is 9.59 Å². The van der Waals surface area contributed by atoms with Crippen LogP contribution in [0.5, 0.6) is 11.5 Å². The second-order valence-electron chi connectivity index (χ2n) is 9.10. The lowest BCUT2D eigenvalue weighted by atomic mass is 10.1. The van der Waals surface area contributed by atoms with E-state index in [-0.39, 0.29) is 29.0 Å². The topological polar surface area (TPSA) is 80.2 Å². The Morgan fingerprint density at radius 1 is 0.886 bits per heavy atom. The quantitative estimate of drug-likeness (QED) is 0.185. The Balaban J connectivity index is 1.39. The van der Waals surface area contributed by atoms with Crippen molar-refractivity contribution in [2.24, 2.45) is 4.99 Å². The lowest BCUT2D eigenvalue weighted by molar-refractivity contribution is -0.118. The van der Waals surface area contributed by atoms with Crippen LogP contribution in [0.1, 0.15) is 5.56 Å². The van der Waals surface area contributed by atoms with E-state index in [0.29, 0.717) is 52.8 Å². The van der Waals surface area contributed by atoms with Gasteiger partial charge in [0.2, 0.25) is 0 Å². The second kappa shape index (κ2) is 14.2. The van der Waals surface area contributed by atoms with Crippen LogP contribution in [0, 0.1) is 0 Å². The molecule has 1 N–H and O–H groups in total. The van der Waals surface area contributed by atoms with Crippen molar-refractivity contribution in [3.63, 3.8) is 0 Å². The van der Waals surface area contributed by atoms with Gasteiger partial charge in [0, 0.05) is 15.7 Å². The number of amidine groups is 1. The number of carbonyl (C=O) groups is 2. The molecule has 7 nitrogen and oxygen atoms in total. The van der Waals surface area contributed by atoms with Gasteiger partial charge in [0.05, 0.1) is 38.5 Å². The van der Waals surface area contributed by atoms with Crippen molar-refractivity contribution in [3.8, 4) is 11.5 Å². The van der Waals surface area contributed by atoms with Gasteiger partial charge in [-0.3, -0.25) is 14.5 Å². The number of amides is 2. The maximum atomic E-state index is 13.7. The zero-order chi connectivity index (χ0) is 31.4. The fourth-order valence-corrected chi connectivity index (χ4v) is 5.84. The van der Waals surface area contributed by atoms with E-state index in [1.807, 2.05) is 0 Å². The number of anilines is 2. The number of ether oxygens (including phenoxy) is 2. The maximum Gasteiger partial charge on any atom is 0.271 e. The Bertz CT molecular complexity index is 1800. The van der Waals surface area contributed by atoms with Crippen LogP contribution < -0.4 is 19.7 Å². The Morgan fingerprint density at radius 3 is 2.23 bits per heavy atom. The summed E-state index contributed by atoms with van der Waals surface area (Å²) in [4.78, 5) is 32.8. The van der Waals surface area contributed by atoms with Crippen molar-refractivity contribution in [3.05, 3.63) is 114 Å². The molecule has 5 rings (SSSR count). The molecule has 1 fully saturated rings. The highest BCUT2D eigenvalue weighted by atomic mass is 35.5. The SMILES string of the molecule is COc1cc(/C=C2/SC(=Nc3ccc(Cl)cc3)N(c3ccc(Cl)cc3)C2=O)cc(Cl)c1OCC(=O)Nc1ccc(Cl)c(Cl)c1. The Labute approximate surface area is 282 Å². The number of halogens is 5. The highest BCUT2D eigenvalue weighted by Gasteiger charge is 2.35. The smallest absolute Gasteiger partial charge is 0.271 e. The van der Waals surface area contributed by atoms with Crippen LogP contribution in [0.3, 0.4) is 0 Å². The molecule has 44 heavy (non-hydrogen) atoms. The fraction of sp³-hybridized carbons (Fsp3) is 0.0645.